The molecule has 0 bridgehead atoms. The molecule has 2 rings (SSSR count). The Bertz CT molecular complexity index is 297. The van der Waals surface area contributed by atoms with Gasteiger partial charge in [0, 0.05) is 0 Å². The van der Waals surface area contributed by atoms with Crippen molar-refractivity contribution in [2.45, 2.75) is 68.7 Å². The van der Waals surface area contributed by atoms with E-state index in [-0.39, 0.29) is 0 Å². The third kappa shape index (κ3) is 5.76. The number of nitrogens with zero attached hydrogens (tertiary/aromatic N) is 2. The van der Waals surface area contributed by atoms with Gasteiger partial charge in [-0.05, 0) is 39.9 Å². The molecule has 3 nitrogen and oxygen atoms in total. The molecule has 1 N–H and O–H groups in total. The molecule has 5 heteroatoms. The SMILES string of the molecule is N#CC1(Cl)CCCC1.N#CC1(O)CCCC1.[3H][B]C. The van der Waals surface area contributed by atoms with Crippen molar-refractivity contribution in [2.24, 2.45) is 0 Å². The summed E-state index contributed by atoms with van der Waals surface area (Å²) < 4.78 is 6.08. The van der Waals surface area contributed by atoms with Crippen LogP contribution >= 0.6 is 11.6 Å². The molecule has 18 heavy (non-hydrogen) atoms. The highest BCUT2D eigenvalue weighted by molar-refractivity contribution is 6.25. The lowest BCUT2D eigenvalue weighted by Gasteiger charge is -2.08. The highest BCUT2D eigenvalue weighted by Gasteiger charge is 2.31. The van der Waals surface area contributed by atoms with Crippen molar-refractivity contribution < 1.29 is 5.11 Å². The van der Waals surface area contributed by atoms with Crippen molar-refractivity contribution in [3.05, 3.63) is 0 Å². The predicted molar refractivity (Wildman–Crippen MR) is 74.7 cm³/mol. The minimum Gasteiger partial charge on any atom is -0.375 e. The summed E-state index contributed by atoms with van der Waals surface area (Å²) in [6.07, 6.45) is 7.35. The maximum Gasteiger partial charge on any atom is 0.151 e. The van der Waals surface area contributed by atoms with Gasteiger partial charge in [-0.3, -0.25) is 0 Å². The van der Waals surface area contributed by atoms with Gasteiger partial charge in [0.05, 0.1) is 19.9 Å². The van der Waals surface area contributed by atoms with E-state index in [1.165, 1.54) is 7.81 Å². The van der Waals surface area contributed by atoms with Gasteiger partial charge in [0.25, 0.3) is 0 Å². The summed E-state index contributed by atoms with van der Waals surface area (Å²) in [5.41, 5.74) is -0.958. The fraction of sp³-hybridized carbons (Fsp3) is 0.846. The number of hydrogen-bond donors (Lipinski definition) is 1. The maximum absolute atomic E-state index is 9.14. The molecule has 2 aliphatic carbocycles. The molecule has 0 aromatic rings. The Kier molecular flexibility index (Phi) is 7.17. The average Bonchev–Trinajstić information content (AvgIpc) is 3.02. The van der Waals surface area contributed by atoms with E-state index in [0.717, 1.165) is 38.5 Å². The highest BCUT2D eigenvalue weighted by atomic mass is 35.5. The zero-order chi connectivity index (χ0) is 14.8. The van der Waals surface area contributed by atoms with Gasteiger partial charge in [0.15, 0.2) is 5.60 Å². The van der Waals surface area contributed by atoms with Crippen LogP contribution in [-0.4, -0.2) is 24.7 Å². The molecule has 1 radical (unpaired) electrons. The van der Waals surface area contributed by atoms with Crippen molar-refractivity contribution in [3.63, 3.8) is 0 Å². The Morgan fingerprint density at radius 1 is 1.11 bits per heavy atom. The van der Waals surface area contributed by atoms with E-state index in [9.17, 15) is 0 Å². The summed E-state index contributed by atoms with van der Waals surface area (Å²) in [4.78, 5) is -0.486. The van der Waals surface area contributed by atoms with Crippen LogP contribution in [0.5, 0.6) is 0 Å². The second-order valence-corrected chi connectivity index (χ2v) is 5.36. The van der Waals surface area contributed by atoms with Crippen LogP contribution in [0.25, 0.3) is 0 Å². The molecule has 0 unspecified atom stereocenters. The molecule has 99 valence electrons. The van der Waals surface area contributed by atoms with Crippen molar-refractivity contribution in [1.82, 2.24) is 0 Å². The van der Waals surface area contributed by atoms with Crippen LogP contribution in [0.2, 0.25) is 6.82 Å². The average molecular weight is 270 g/mol. The van der Waals surface area contributed by atoms with Crippen molar-refractivity contribution in [2.75, 3.05) is 0 Å². The van der Waals surface area contributed by atoms with Crippen LogP contribution in [-0.2, 0) is 0 Å². The third-order valence-corrected chi connectivity index (χ3v) is 3.70. The second-order valence-electron chi connectivity index (χ2n) is 4.63. The van der Waals surface area contributed by atoms with Gasteiger partial charge >= 0.3 is 0 Å². The zero-order valence-electron chi connectivity index (χ0n) is 12.0. The van der Waals surface area contributed by atoms with Crippen LogP contribution in [0.1, 0.15) is 51.4 Å². The molecule has 2 aliphatic rings. The van der Waals surface area contributed by atoms with Crippen LogP contribution < -0.4 is 0 Å². The fourth-order valence-electron chi connectivity index (χ4n) is 2.12. The zero-order valence-corrected chi connectivity index (χ0v) is 11.7. The summed E-state index contributed by atoms with van der Waals surface area (Å²) in [5, 5.41) is 25.9. The molecule has 2 fully saturated rings. The molecular formula is C13H21BClN2O. The van der Waals surface area contributed by atoms with Gasteiger partial charge in [-0.25, -0.2) is 0 Å². The molecule has 0 atom stereocenters. The van der Waals surface area contributed by atoms with Crippen LogP contribution in [0.15, 0.2) is 0 Å². The number of aliphatic hydroxyl groups is 1. The Hall–Kier alpha value is -0.705. The first-order valence-electron chi connectivity index (χ1n) is 6.93. The van der Waals surface area contributed by atoms with Gasteiger partial charge in [-0.1, -0.05) is 19.7 Å². The Morgan fingerprint density at radius 2 is 1.50 bits per heavy atom. The quantitative estimate of drug-likeness (QED) is 0.418. The summed E-state index contributed by atoms with van der Waals surface area (Å²) in [6, 6.07) is 4.00. The summed E-state index contributed by atoms with van der Waals surface area (Å²) in [6.45, 7) is 1.67. The van der Waals surface area contributed by atoms with E-state index in [0.29, 0.717) is 12.8 Å². The van der Waals surface area contributed by atoms with Crippen molar-refractivity contribution in [1.29, 1.82) is 11.9 Å². The van der Waals surface area contributed by atoms with E-state index < -0.39 is 10.5 Å². The van der Waals surface area contributed by atoms with Gasteiger partial charge < -0.3 is 5.11 Å². The summed E-state index contributed by atoms with van der Waals surface area (Å²) >= 11 is 5.79. The van der Waals surface area contributed by atoms with Crippen molar-refractivity contribution >= 4 is 19.4 Å². The van der Waals surface area contributed by atoms with Gasteiger partial charge in [-0.15, -0.1) is 11.6 Å². The molecular weight excluding hydrogens is 246 g/mol. The fourth-order valence-corrected chi connectivity index (χ4v) is 2.39. The summed E-state index contributed by atoms with van der Waals surface area (Å²) in [7, 11) is 1.25. The lowest BCUT2D eigenvalue weighted by atomic mass is 10.1. The largest absolute Gasteiger partial charge is 0.375 e. The molecule has 0 aliphatic heterocycles. The molecule has 0 aromatic carbocycles. The normalized spacial score (nSPS) is 23.1. The van der Waals surface area contributed by atoms with E-state index in [1.54, 1.807) is 6.82 Å². The minimum atomic E-state index is -0.958. The smallest absolute Gasteiger partial charge is 0.151 e. The Morgan fingerprint density at radius 3 is 1.72 bits per heavy atom. The third-order valence-electron chi connectivity index (χ3n) is 3.24. The number of alkyl halides is 1. The molecule has 0 aromatic heterocycles. The van der Waals surface area contributed by atoms with Crippen LogP contribution in [0, 0.1) is 22.7 Å². The topological polar surface area (TPSA) is 67.8 Å². The van der Waals surface area contributed by atoms with E-state index in [2.05, 4.69) is 6.07 Å². The Balaban J connectivity index is 0.000000284. The second kappa shape index (κ2) is 8.41. The number of rotatable bonds is 0. The standard InChI is InChI=1S/C6H8ClN.C6H9NO.CH4B/c7-6(5-8)3-1-2-4-6;7-5-6(8)3-1-2-4-6;1-2/h1-4H2;8H,1-4H2;2H,1H3/i;;2T. The van der Waals surface area contributed by atoms with E-state index in [4.69, 9.17) is 28.6 Å². The molecule has 0 amide bonds. The van der Waals surface area contributed by atoms with Crippen LogP contribution in [0.3, 0.4) is 0 Å². The van der Waals surface area contributed by atoms with Crippen molar-refractivity contribution in [3.8, 4) is 12.1 Å². The lowest BCUT2D eigenvalue weighted by molar-refractivity contribution is 0.107. The number of halogens is 1. The van der Waals surface area contributed by atoms with E-state index in [1.807, 2.05) is 6.07 Å². The highest BCUT2D eigenvalue weighted by Crippen LogP contribution is 2.34. The van der Waals surface area contributed by atoms with Gasteiger partial charge in [0.2, 0.25) is 0 Å². The molecule has 2 saturated carbocycles. The first-order chi connectivity index (χ1) is 8.95. The van der Waals surface area contributed by atoms with Gasteiger partial charge in [-0.2, -0.15) is 10.5 Å². The first kappa shape index (κ1) is 15.4. The number of hydrogen-bond acceptors (Lipinski definition) is 3. The summed E-state index contributed by atoms with van der Waals surface area (Å²) in [5.74, 6) is 0. The first-order valence-corrected chi connectivity index (χ1v) is 6.73. The monoisotopic (exact) mass is 269 g/mol. The van der Waals surface area contributed by atoms with E-state index >= 15 is 0 Å². The minimum absolute atomic E-state index is 0.486. The van der Waals surface area contributed by atoms with Gasteiger partial charge in [0.1, 0.15) is 4.87 Å². The molecule has 0 heterocycles. The van der Waals surface area contributed by atoms with Crippen LogP contribution in [0.4, 0.5) is 0 Å². The maximum atomic E-state index is 9.14. The Labute approximate surface area is 118 Å². The molecule has 0 spiro atoms. The lowest BCUT2D eigenvalue weighted by Crippen LogP contribution is -2.20. The number of nitriles is 2. The predicted octanol–water partition coefficient (Wildman–Crippen LogP) is 2.81. The molecule has 0 saturated heterocycles.